The van der Waals surface area contributed by atoms with Crippen LogP contribution < -0.4 is 0 Å². The topological polar surface area (TPSA) is 86.1 Å². The van der Waals surface area contributed by atoms with Crippen LogP contribution in [0.5, 0.6) is 0 Å². The van der Waals surface area contributed by atoms with Gasteiger partial charge in [-0.05, 0) is 29.6 Å². The Hall–Kier alpha value is -2.33. The van der Waals surface area contributed by atoms with Crippen molar-refractivity contribution >= 4 is 12.0 Å². The van der Waals surface area contributed by atoms with Gasteiger partial charge in [0.25, 0.3) is 0 Å². The van der Waals surface area contributed by atoms with Gasteiger partial charge in [0, 0.05) is 11.5 Å². The van der Waals surface area contributed by atoms with Crippen LogP contribution in [0.25, 0.3) is 16.5 Å². The number of carboxylic acid groups (broad SMARTS) is 1. The van der Waals surface area contributed by atoms with Crippen LogP contribution in [-0.2, 0) is 0 Å². The van der Waals surface area contributed by atoms with Crippen LogP contribution in [0.1, 0.15) is 22.3 Å². The minimum absolute atomic E-state index is 0.333. The molecule has 0 amide bonds. The second kappa shape index (κ2) is 6.30. The maximum Gasteiger partial charge on any atom is 0.338 e. The van der Waals surface area contributed by atoms with E-state index in [1.54, 1.807) is 12.2 Å². The molecule has 0 unspecified atom stereocenters. The SMILES string of the molecule is [N-]=[N+]=NCCC=Cc1ccc(F)c(C(=O)O)c1. The lowest BCUT2D eigenvalue weighted by Gasteiger charge is -1.99. The number of azide groups is 1. The van der Waals surface area contributed by atoms with E-state index < -0.39 is 11.8 Å². The first-order valence-electron chi connectivity index (χ1n) is 4.85. The molecular formula is C11H10FN3O2. The summed E-state index contributed by atoms with van der Waals surface area (Å²) >= 11 is 0. The van der Waals surface area contributed by atoms with Crippen molar-refractivity contribution in [1.29, 1.82) is 0 Å². The normalized spacial score (nSPS) is 10.2. The highest BCUT2D eigenvalue weighted by Crippen LogP contribution is 2.12. The first kappa shape index (κ1) is 12.7. The molecule has 0 aromatic heterocycles. The van der Waals surface area contributed by atoms with E-state index in [2.05, 4.69) is 10.0 Å². The third-order valence-electron chi connectivity index (χ3n) is 1.99. The Morgan fingerprint density at radius 3 is 3.00 bits per heavy atom. The van der Waals surface area contributed by atoms with Gasteiger partial charge in [-0.25, -0.2) is 9.18 Å². The molecule has 0 fully saturated rings. The molecule has 6 heteroatoms. The molecule has 0 radical (unpaired) electrons. The maximum atomic E-state index is 13.0. The number of carbonyl (C=O) groups is 1. The number of hydrogen-bond acceptors (Lipinski definition) is 2. The molecule has 0 aliphatic rings. The van der Waals surface area contributed by atoms with E-state index in [1.165, 1.54) is 12.1 Å². The molecule has 0 bridgehead atoms. The smallest absolute Gasteiger partial charge is 0.338 e. The molecule has 1 aromatic carbocycles. The number of aromatic carboxylic acids is 1. The van der Waals surface area contributed by atoms with Gasteiger partial charge in [-0.2, -0.15) is 0 Å². The number of nitrogens with zero attached hydrogens (tertiary/aromatic N) is 3. The predicted octanol–water partition coefficient (Wildman–Crippen LogP) is 3.24. The lowest BCUT2D eigenvalue weighted by molar-refractivity contribution is 0.0692. The van der Waals surface area contributed by atoms with E-state index in [0.717, 1.165) is 6.07 Å². The van der Waals surface area contributed by atoms with Crippen molar-refractivity contribution in [1.82, 2.24) is 0 Å². The second-order valence-electron chi connectivity index (χ2n) is 3.19. The minimum Gasteiger partial charge on any atom is -0.478 e. The molecular weight excluding hydrogens is 225 g/mol. The van der Waals surface area contributed by atoms with Crippen molar-refractivity contribution in [3.05, 3.63) is 51.7 Å². The van der Waals surface area contributed by atoms with Gasteiger partial charge in [0.2, 0.25) is 0 Å². The Morgan fingerprint density at radius 1 is 1.59 bits per heavy atom. The van der Waals surface area contributed by atoms with Crippen molar-refractivity contribution < 1.29 is 14.3 Å². The molecule has 0 aliphatic carbocycles. The fourth-order valence-corrected chi connectivity index (χ4v) is 1.21. The van der Waals surface area contributed by atoms with Crippen LogP contribution in [0.4, 0.5) is 4.39 Å². The standard InChI is InChI=1S/C11H10FN3O2/c12-10-5-4-8(7-9(10)11(16)17)3-1-2-6-14-15-13/h1,3-5,7H,2,6H2,(H,16,17). The van der Waals surface area contributed by atoms with Crippen LogP contribution in [0.15, 0.2) is 29.4 Å². The van der Waals surface area contributed by atoms with Crippen molar-refractivity contribution in [2.45, 2.75) is 6.42 Å². The highest BCUT2D eigenvalue weighted by atomic mass is 19.1. The average molecular weight is 235 g/mol. The molecule has 0 atom stereocenters. The Bertz CT molecular complexity index is 493. The summed E-state index contributed by atoms with van der Waals surface area (Å²) in [6, 6.07) is 3.84. The van der Waals surface area contributed by atoms with E-state index in [-0.39, 0.29) is 5.56 Å². The predicted molar refractivity (Wildman–Crippen MR) is 61.0 cm³/mol. The van der Waals surface area contributed by atoms with E-state index in [0.29, 0.717) is 18.5 Å². The summed E-state index contributed by atoms with van der Waals surface area (Å²) in [5.41, 5.74) is 8.27. The van der Waals surface area contributed by atoms with Crippen LogP contribution in [0.2, 0.25) is 0 Å². The van der Waals surface area contributed by atoms with Gasteiger partial charge >= 0.3 is 5.97 Å². The summed E-state index contributed by atoms with van der Waals surface area (Å²) in [4.78, 5) is 13.3. The quantitative estimate of drug-likeness (QED) is 0.367. The minimum atomic E-state index is -1.30. The second-order valence-corrected chi connectivity index (χ2v) is 3.19. The van der Waals surface area contributed by atoms with Gasteiger partial charge in [0.1, 0.15) is 5.82 Å². The number of carboxylic acids is 1. The first-order valence-corrected chi connectivity index (χ1v) is 4.85. The number of halogens is 1. The lowest BCUT2D eigenvalue weighted by atomic mass is 10.1. The zero-order chi connectivity index (χ0) is 12.7. The molecule has 1 aromatic rings. The van der Waals surface area contributed by atoms with Crippen LogP contribution >= 0.6 is 0 Å². The molecule has 5 nitrogen and oxygen atoms in total. The Balaban J connectivity index is 2.75. The van der Waals surface area contributed by atoms with Gasteiger partial charge in [-0.15, -0.1) is 0 Å². The zero-order valence-electron chi connectivity index (χ0n) is 8.88. The average Bonchev–Trinajstić information content (AvgIpc) is 2.30. The summed E-state index contributed by atoms with van der Waals surface area (Å²) < 4.78 is 13.0. The van der Waals surface area contributed by atoms with Gasteiger partial charge in [-0.1, -0.05) is 23.3 Å². The molecule has 0 saturated heterocycles. The van der Waals surface area contributed by atoms with Crippen molar-refractivity contribution in [3.8, 4) is 0 Å². The third-order valence-corrected chi connectivity index (χ3v) is 1.99. The van der Waals surface area contributed by atoms with Crippen LogP contribution in [0.3, 0.4) is 0 Å². The molecule has 88 valence electrons. The summed E-state index contributed by atoms with van der Waals surface area (Å²) in [5.74, 6) is -2.06. The number of hydrogen-bond donors (Lipinski definition) is 1. The van der Waals surface area contributed by atoms with Crippen molar-refractivity contribution in [2.24, 2.45) is 5.11 Å². The zero-order valence-corrected chi connectivity index (χ0v) is 8.88. The summed E-state index contributed by atoms with van der Waals surface area (Å²) in [5, 5.41) is 12.1. The Labute approximate surface area is 96.8 Å². The van der Waals surface area contributed by atoms with Crippen LogP contribution in [-0.4, -0.2) is 17.6 Å². The molecule has 0 saturated carbocycles. The monoisotopic (exact) mass is 235 g/mol. The Morgan fingerprint density at radius 2 is 2.35 bits per heavy atom. The summed E-state index contributed by atoms with van der Waals surface area (Å²) in [6.07, 6.45) is 3.93. The van der Waals surface area contributed by atoms with E-state index >= 15 is 0 Å². The third kappa shape index (κ3) is 3.96. The molecule has 0 spiro atoms. The molecule has 1 N–H and O–H groups in total. The molecule has 1 rings (SSSR count). The molecule has 0 heterocycles. The maximum absolute atomic E-state index is 13.0. The first-order chi connectivity index (χ1) is 8.15. The largest absolute Gasteiger partial charge is 0.478 e. The summed E-state index contributed by atoms with van der Waals surface area (Å²) in [7, 11) is 0. The highest BCUT2D eigenvalue weighted by molar-refractivity contribution is 5.88. The highest BCUT2D eigenvalue weighted by Gasteiger charge is 2.09. The molecule has 17 heavy (non-hydrogen) atoms. The number of rotatable bonds is 5. The van der Waals surface area contributed by atoms with Crippen molar-refractivity contribution in [3.63, 3.8) is 0 Å². The fraction of sp³-hybridized carbons (Fsp3) is 0.182. The van der Waals surface area contributed by atoms with Crippen molar-refractivity contribution in [2.75, 3.05) is 6.54 Å². The lowest BCUT2D eigenvalue weighted by Crippen LogP contribution is -2.00. The summed E-state index contributed by atoms with van der Waals surface area (Å²) in [6.45, 7) is 0.333. The van der Waals surface area contributed by atoms with Gasteiger partial charge < -0.3 is 5.11 Å². The van der Waals surface area contributed by atoms with E-state index in [1.807, 2.05) is 0 Å². The van der Waals surface area contributed by atoms with E-state index in [4.69, 9.17) is 10.6 Å². The Kier molecular flexibility index (Phi) is 4.72. The number of benzene rings is 1. The van der Waals surface area contributed by atoms with Crippen LogP contribution in [0, 0.1) is 5.82 Å². The van der Waals surface area contributed by atoms with Gasteiger partial charge in [-0.3, -0.25) is 0 Å². The van der Waals surface area contributed by atoms with E-state index in [9.17, 15) is 9.18 Å². The van der Waals surface area contributed by atoms with Gasteiger partial charge in [0.05, 0.1) is 5.56 Å². The molecule has 0 aliphatic heterocycles. The van der Waals surface area contributed by atoms with Gasteiger partial charge in [0.15, 0.2) is 0 Å². The fourth-order valence-electron chi connectivity index (χ4n) is 1.21.